The van der Waals surface area contributed by atoms with E-state index in [1.807, 2.05) is 18.2 Å². The normalized spacial score (nSPS) is 17.2. The Morgan fingerprint density at radius 2 is 2.05 bits per heavy atom. The molecular formula is C17H19ClN2O. The van der Waals surface area contributed by atoms with E-state index in [2.05, 4.69) is 17.9 Å². The van der Waals surface area contributed by atoms with E-state index in [-0.39, 0.29) is 5.92 Å². The van der Waals surface area contributed by atoms with Crippen molar-refractivity contribution >= 4 is 28.8 Å². The molecule has 1 aliphatic heterocycles. The summed E-state index contributed by atoms with van der Waals surface area (Å²) in [7, 11) is 0. The Hall–Kier alpha value is -1.45. The molecule has 0 spiro atoms. The van der Waals surface area contributed by atoms with Crippen molar-refractivity contribution in [1.29, 1.82) is 0 Å². The molecule has 0 atom stereocenters. The summed E-state index contributed by atoms with van der Waals surface area (Å²) in [4.78, 5) is 17.9. The summed E-state index contributed by atoms with van der Waals surface area (Å²) < 4.78 is 0. The van der Waals surface area contributed by atoms with E-state index in [1.165, 1.54) is 0 Å². The van der Waals surface area contributed by atoms with E-state index < -0.39 is 0 Å². The number of piperidine rings is 1. The van der Waals surface area contributed by atoms with Gasteiger partial charge in [-0.2, -0.15) is 0 Å². The SMILES string of the molecule is Cc1c(Cl)c(CN2CCC(C=O)CC2)nc2ccccc12. The summed E-state index contributed by atoms with van der Waals surface area (Å²) in [6, 6.07) is 8.10. The average Bonchev–Trinajstić information content (AvgIpc) is 2.53. The minimum Gasteiger partial charge on any atom is -0.303 e. The predicted octanol–water partition coefficient (Wildman–Crippen LogP) is 3.61. The molecule has 1 aromatic heterocycles. The van der Waals surface area contributed by atoms with Crippen molar-refractivity contribution in [3.8, 4) is 0 Å². The number of nitrogens with zero attached hydrogens (tertiary/aromatic N) is 2. The molecule has 0 radical (unpaired) electrons. The first-order chi connectivity index (χ1) is 10.2. The van der Waals surface area contributed by atoms with Crippen molar-refractivity contribution in [2.45, 2.75) is 26.3 Å². The quantitative estimate of drug-likeness (QED) is 0.812. The van der Waals surface area contributed by atoms with Crippen LogP contribution in [-0.4, -0.2) is 29.3 Å². The van der Waals surface area contributed by atoms with E-state index in [4.69, 9.17) is 16.6 Å². The van der Waals surface area contributed by atoms with Crippen LogP contribution in [0, 0.1) is 12.8 Å². The van der Waals surface area contributed by atoms with Crippen LogP contribution >= 0.6 is 11.6 Å². The van der Waals surface area contributed by atoms with E-state index in [9.17, 15) is 4.79 Å². The van der Waals surface area contributed by atoms with Crippen molar-refractivity contribution in [3.05, 3.63) is 40.5 Å². The molecule has 1 aliphatic rings. The Kier molecular flexibility index (Phi) is 4.22. The molecule has 1 saturated heterocycles. The number of para-hydroxylation sites is 1. The molecule has 0 amide bonds. The van der Waals surface area contributed by atoms with Gasteiger partial charge in [0.1, 0.15) is 6.29 Å². The summed E-state index contributed by atoms with van der Waals surface area (Å²) in [5.74, 6) is 0.225. The van der Waals surface area contributed by atoms with Crippen molar-refractivity contribution < 1.29 is 4.79 Å². The Balaban J connectivity index is 1.84. The van der Waals surface area contributed by atoms with Gasteiger partial charge in [0.05, 0.1) is 16.2 Å². The average molecular weight is 303 g/mol. The van der Waals surface area contributed by atoms with Crippen LogP contribution in [0.1, 0.15) is 24.1 Å². The molecule has 1 aromatic carbocycles. The lowest BCUT2D eigenvalue weighted by atomic mass is 9.98. The second kappa shape index (κ2) is 6.12. The van der Waals surface area contributed by atoms with Gasteiger partial charge in [-0.25, -0.2) is 4.98 Å². The van der Waals surface area contributed by atoms with Crippen LogP contribution in [0.15, 0.2) is 24.3 Å². The summed E-state index contributed by atoms with van der Waals surface area (Å²) in [6.07, 6.45) is 2.96. The topological polar surface area (TPSA) is 33.2 Å². The second-order valence-electron chi connectivity index (χ2n) is 5.76. The Morgan fingerprint density at radius 1 is 1.33 bits per heavy atom. The number of benzene rings is 1. The summed E-state index contributed by atoms with van der Waals surface area (Å²) in [6.45, 7) is 4.69. The molecule has 2 aromatic rings. The molecule has 0 unspecified atom stereocenters. The molecule has 110 valence electrons. The number of carbonyl (C=O) groups is 1. The zero-order valence-corrected chi connectivity index (χ0v) is 12.9. The monoisotopic (exact) mass is 302 g/mol. The fourth-order valence-corrected chi connectivity index (χ4v) is 3.18. The maximum absolute atomic E-state index is 10.8. The van der Waals surface area contributed by atoms with Gasteiger partial charge in [-0.1, -0.05) is 29.8 Å². The number of likely N-dealkylation sites (tertiary alicyclic amines) is 1. The van der Waals surface area contributed by atoms with Crippen molar-refractivity contribution in [1.82, 2.24) is 9.88 Å². The first kappa shape index (κ1) is 14.5. The first-order valence-corrected chi connectivity index (χ1v) is 7.78. The number of aldehydes is 1. The number of fused-ring (bicyclic) bond motifs is 1. The molecular weight excluding hydrogens is 284 g/mol. The highest BCUT2D eigenvalue weighted by atomic mass is 35.5. The van der Waals surface area contributed by atoms with Gasteiger partial charge in [-0.05, 0) is 44.5 Å². The second-order valence-corrected chi connectivity index (χ2v) is 6.14. The largest absolute Gasteiger partial charge is 0.303 e. The van der Waals surface area contributed by atoms with Crippen molar-refractivity contribution in [2.75, 3.05) is 13.1 Å². The van der Waals surface area contributed by atoms with Gasteiger partial charge < -0.3 is 4.79 Å². The molecule has 3 rings (SSSR count). The summed E-state index contributed by atoms with van der Waals surface area (Å²) >= 11 is 6.50. The van der Waals surface area contributed by atoms with Gasteiger partial charge in [-0.15, -0.1) is 0 Å². The van der Waals surface area contributed by atoms with Crippen molar-refractivity contribution in [3.63, 3.8) is 0 Å². The molecule has 0 aliphatic carbocycles. The third kappa shape index (κ3) is 2.94. The molecule has 2 heterocycles. The first-order valence-electron chi connectivity index (χ1n) is 7.40. The fourth-order valence-electron chi connectivity index (χ4n) is 2.98. The zero-order valence-electron chi connectivity index (χ0n) is 12.2. The number of halogens is 1. The number of aromatic nitrogens is 1. The highest BCUT2D eigenvalue weighted by Gasteiger charge is 2.20. The molecule has 1 fully saturated rings. The summed E-state index contributed by atoms with van der Waals surface area (Å²) in [5.41, 5.74) is 3.04. The van der Waals surface area contributed by atoms with Gasteiger partial charge >= 0.3 is 0 Å². The highest BCUT2D eigenvalue weighted by molar-refractivity contribution is 6.32. The molecule has 21 heavy (non-hydrogen) atoms. The molecule has 0 bridgehead atoms. The van der Waals surface area contributed by atoms with Crippen LogP contribution in [-0.2, 0) is 11.3 Å². The smallest absolute Gasteiger partial charge is 0.123 e. The number of hydrogen-bond acceptors (Lipinski definition) is 3. The standard InChI is InChI=1S/C17H19ClN2O/c1-12-14-4-2-3-5-15(14)19-16(17(12)18)10-20-8-6-13(11-21)7-9-20/h2-5,11,13H,6-10H2,1H3. The molecule has 0 saturated carbocycles. The van der Waals surface area contributed by atoms with Gasteiger partial charge in [0.2, 0.25) is 0 Å². The van der Waals surface area contributed by atoms with Gasteiger partial charge in [0, 0.05) is 17.8 Å². The van der Waals surface area contributed by atoms with Crippen LogP contribution in [0.2, 0.25) is 5.02 Å². The van der Waals surface area contributed by atoms with Gasteiger partial charge in [0.25, 0.3) is 0 Å². The number of rotatable bonds is 3. The van der Waals surface area contributed by atoms with E-state index in [0.717, 1.165) is 65.9 Å². The van der Waals surface area contributed by atoms with Crippen LogP contribution in [0.5, 0.6) is 0 Å². The summed E-state index contributed by atoms with van der Waals surface area (Å²) in [5, 5.41) is 1.89. The minimum absolute atomic E-state index is 0.225. The maximum Gasteiger partial charge on any atom is 0.123 e. The van der Waals surface area contributed by atoms with E-state index >= 15 is 0 Å². The van der Waals surface area contributed by atoms with Crippen LogP contribution in [0.3, 0.4) is 0 Å². The minimum atomic E-state index is 0.225. The fraction of sp³-hybridized carbons (Fsp3) is 0.412. The third-order valence-corrected chi connectivity index (χ3v) is 4.85. The van der Waals surface area contributed by atoms with E-state index in [0.29, 0.717) is 0 Å². The lowest BCUT2D eigenvalue weighted by Gasteiger charge is -2.29. The third-order valence-electron chi connectivity index (χ3n) is 4.34. The Bertz CT molecular complexity index is 663. The highest BCUT2D eigenvalue weighted by Crippen LogP contribution is 2.28. The number of pyridine rings is 1. The Labute approximate surface area is 129 Å². The molecule has 3 nitrogen and oxygen atoms in total. The predicted molar refractivity (Wildman–Crippen MR) is 85.6 cm³/mol. The maximum atomic E-state index is 10.8. The Morgan fingerprint density at radius 3 is 2.76 bits per heavy atom. The van der Waals surface area contributed by atoms with Crippen LogP contribution < -0.4 is 0 Å². The molecule has 0 N–H and O–H groups in total. The number of carbonyl (C=O) groups excluding carboxylic acids is 1. The van der Waals surface area contributed by atoms with Crippen molar-refractivity contribution in [2.24, 2.45) is 5.92 Å². The molecule has 4 heteroatoms. The van der Waals surface area contributed by atoms with E-state index in [1.54, 1.807) is 0 Å². The lowest BCUT2D eigenvalue weighted by molar-refractivity contribution is -0.112. The van der Waals surface area contributed by atoms with Gasteiger partial charge in [0.15, 0.2) is 0 Å². The van der Waals surface area contributed by atoms with Crippen LogP contribution in [0.25, 0.3) is 10.9 Å². The van der Waals surface area contributed by atoms with Crippen LogP contribution in [0.4, 0.5) is 0 Å². The lowest BCUT2D eigenvalue weighted by Crippen LogP contribution is -2.34. The number of hydrogen-bond donors (Lipinski definition) is 0. The van der Waals surface area contributed by atoms with Gasteiger partial charge in [-0.3, -0.25) is 4.90 Å². The zero-order chi connectivity index (χ0) is 14.8. The number of aryl methyl sites for hydroxylation is 1.